The second-order valence-electron chi connectivity index (χ2n) is 5.00. The molecule has 0 aliphatic rings. The topological polar surface area (TPSA) is 81.8 Å². The van der Waals surface area contributed by atoms with E-state index in [1.54, 1.807) is 0 Å². The lowest BCUT2D eigenvalue weighted by atomic mass is 10.1. The molecule has 0 aromatic heterocycles. The third-order valence-electron chi connectivity index (χ3n) is 2.98. The maximum Gasteiger partial charge on any atom is 0.321 e. The van der Waals surface area contributed by atoms with Gasteiger partial charge in [-0.1, -0.05) is 12.1 Å². The molecule has 0 aliphatic carbocycles. The smallest absolute Gasteiger partial charge is 0.321 e. The summed E-state index contributed by atoms with van der Waals surface area (Å²) >= 11 is 1.48. The zero-order valence-corrected chi connectivity index (χ0v) is 13.5. The van der Waals surface area contributed by atoms with E-state index in [1.165, 1.54) is 11.8 Å². The Morgan fingerprint density at radius 1 is 1.33 bits per heavy atom. The van der Waals surface area contributed by atoms with Gasteiger partial charge in [0.05, 0.1) is 13.2 Å². The molecule has 0 saturated carbocycles. The lowest BCUT2D eigenvalue weighted by Gasteiger charge is -2.27. The van der Waals surface area contributed by atoms with E-state index in [4.69, 9.17) is 20.3 Å². The first-order chi connectivity index (χ1) is 9.88. The molecule has 0 amide bonds. The predicted molar refractivity (Wildman–Crippen MR) is 85.3 cm³/mol. The highest BCUT2D eigenvalue weighted by Gasteiger charge is 2.32. The number of carbonyl (C=O) groups is 1. The van der Waals surface area contributed by atoms with Gasteiger partial charge in [-0.15, -0.1) is 11.8 Å². The van der Waals surface area contributed by atoms with Crippen molar-refractivity contribution in [1.82, 2.24) is 0 Å². The van der Waals surface area contributed by atoms with Gasteiger partial charge in [-0.2, -0.15) is 0 Å². The Bertz CT molecular complexity index is 465. The van der Waals surface area contributed by atoms with Gasteiger partial charge < -0.3 is 20.3 Å². The zero-order chi connectivity index (χ0) is 15.9. The fraction of sp³-hybridized carbons (Fsp3) is 0.533. The molecule has 0 radical (unpaired) electrons. The fourth-order valence-electron chi connectivity index (χ4n) is 1.69. The van der Waals surface area contributed by atoms with Gasteiger partial charge in [-0.25, -0.2) is 0 Å². The highest BCUT2D eigenvalue weighted by Crippen LogP contribution is 2.29. The predicted octanol–water partition coefficient (Wildman–Crippen LogP) is 2.39. The standard InChI is InChI=1S/C15H23NO4S/c1-4-19-11-7-5-6-8-12(11)20-9-10-21-15(2,3)13(16)14(17)18/h5-8,13H,4,9-10,16H2,1-3H3,(H,17,18)/t13-/m0/s1. The largest absolute Gasteiger partial charge is 0.490 e. The molecular formula is C15H23NO4S. The van der Waals surface area contributed by atoms with Crippen LogP contribution in [-0.4, -0.2) is 40.8 Å². The summed E-state index contributed by atoms with van der Waals surface area (Å²) in [6.45, 7) is 6.61. The van der Waals surface area contributed by atoms with Crippen LogP contribution in [0.1, 0.15) is 20.8 Å². The van der Waals surface area contributed by atoms with Gasteiger partial charge in [-0.3, -0.25) is 4.79 Å². The zero-order valence-electron chi connectivity index (χ0n) is 12.7. The molecule has 3 N–H and O–H groups in total. The monoisotopic (exact) mass is 313 g/mol. The minimum absolute atomic E-state index is 0.463. The third kappa shape index (κ3) is 5.47. The van der Waals surface area contributed by atoms with Crippen LogP contribution in [0, 0.1) is 0 Å². The van der Waals surface area contributed by atoms with Crippen LogP contribution < -0.4 is 15.2 Å². The lowest BCUT2D eigenvalue weighted by molar-refractivity contribution is -0.139. The number of nitrogens with two attached hydrogens (primary N) is 1. The van der Waals surface area contributed by atoms with Crippen LogP contribution >= 0.6 is 11.8 Å². The number of aliphatic carboxylic acids is 1. The average molecular weight is 313 g/mol. The van der Waals surface area contributed by atoms with Crippen molar-refractivity contribution in [2.75, 3.05) is 19.0 Å². The van der Waals surface area contributed by atoms with Crippen molar-refractivity contribution in [1.29, 1.82) is 0 Å². The molecule has 1 rings (SSSR count). The summed E-state index contributed by atoms with van der Waals surface area (Å²) in [7, 11) is 0. The molecule has 0 saturated heterocycles. The summed E-state index contributed by atoms with van der Waals surface area (Å²) in [5.74, 6) is 1.07. The Morgan fingerprint density at radius 2 is 1.90 bits per heavy atom. The minimum Gasteiger partial charge on any atom is -0.490 e. The summed E-state index contributed by atoms with van der Waals surface area (Å²) in [6, 6.07) is 6.58. The number of para-hydroxylation sites is 2. The van der Waals surface area contributed by atoms with E-state index >= 15 is 0 Å². The summed E-state index contributed by atoms with van der Waals surface area (Å²) < 4.78 is 10.6. The molecule has 1 aromatic rings. The first-order valence-corrected chi connectivity index (χ1v) is 7.84. The average Bonchev–Trinajstić information content (AvgIpc) is 2.44. The summed E-state index contributed by atoms with van der Waals surface area (Å²) in [5.41, 5.74) is 5.67. The van der Waals surface area contributed by atoms with E-state index in [1.807, 2.05) is 45.0 Å². The molecule has 5 nitrogen and oxygen atoms in total. The van der Waals surface area contributed by atoms with Crippen LogP contribution in [0.25, 0.3) is 0 Å². The highest BCUT2D eigenvalue weighted by molar-refractivity contribution is 8.00. The van der Waals surface area contributed by atoms with E-state index in [2.05, 4.69) is 0 Å². The van der Waals surface area contributed by atoms with Crippen LogP contribution in [0.4, 0.5) is 0 Å². The Hall–Kier alpha value is -1.40. The van der Waals surface area contributed by atoms with Gasteiger partial charge in [0.15, 0.2) is 11.5 Å². The highest BCUT2D eigenvalue weighted by atomic mass is 32.2. The summed E-state index contributed by atoms with van der Waals surface area (Å²) in [6.07, 6.45) is 0. The Kier molecular flexibility index (Phi) is 6.84. The van der Waals surface area contributed by atoms with Gasteiger partial charge in [0.2, 0.25) is 0 Å². The first-order valence-electron chi connectivity index (χ1n) is 6.85. The van der Waals surface area contributed by atoms with Crippen LogP contribution in [0.5, 0.6) is 11.5 Å². The van der Waals surface area contributed by atoms with Crippen LogP contribution in [0.2, 0.25) is 0 Å². The van der Waals surface area contributed by atoms with Crippen molar-refractivity contribution in [3.63, 3.8) is 0 Å². The summed E-state index contributed by atoms with van der Waals surface area (Å²) in [4.78, 5) is 10.9. The summed E-state index contributed by atoms with van der Waals surface area (Å²) in [5, 5.41) is 8.96. The molecule has 0 bridgehead atoms. The minimum atomic E-state index is -0.991. The lowest BCUT2D eigenvalue weighted by Crippen LogP contribution is -2.47. The van der Waals surface area contributed by atoms with Crippen LogP contribution in [0.3, 0.4) is 0 Å². The normalized spacial score (nSPS) is 12.8. The number of benzene rings is 1. The number of hydrogen-bond acceptors (Lipinski definition) is 5. The van der Waals surface area contributed by atoms with Crippen molar-refractivity contribution in [3.8, 4) is 11.5 Å². The van der Waals surface area contributed by atoms with E-state index < -0.39 is 16.8 Å². The fourth-order valence-corrected chi connectivity index (χ4v) is 2.66. The molecule has 1 atom stereocenters. The van der Waals surface area contributed by atoms with Crippen LogP contribution in [0.15, 0.2) is 24.3 Å². The van der Waals surface area contributed by atoms with Gasteiger partial charge in [0.1, 0.15) is 6.04 Å². The molecule has 1 aromatic carbocycles. The molecule has 0 heterocycles. The van der Waals surface area contributed by atoms with Gasteiger partial charge in [0, 0.05) is 10.5 Å². The molecule has 0 aliphatic heterocycles. The molecule has 21 heavy (non-hydrogen) atoms. The number of carboxylic acids is 1. The molecule has 0 spiro atoms. The molecule has 6 heteroatoms. The van der Waals surface area contributed by atoms with Crippen molar-refractivity contribution in [3.05, 3.63) is 24.3 Å². The Labute approximate surface area is 129 Å². The quantitative estimate of drug-likeness (QED) is 0.681. The van der Waals surface area contributed by atoms with Crippen LogP contribution in [-0.2, 0) is 4.79 Å². The molecular weight excluding hydrogens is 290 g/mol. The van der Waals surface area contributed by atoms with E-state index in [0.717, 1.165) is 0 Å². The van der Waals surface area contributed by atoms with Gasteiger partial charge in [0.25, 0.3) is 0 Å². The third-order valence-corrected chi connectivity index (χ3v) is 4.35. The van der Waals surface area contributed by atoms with E-state index in [9.17, 15) is 4.79 Å². The van der Waals surface area contributed by atoms with Gasteiger partial charge in [-0.05, 0) is 32.9 Å². The molecule has 0 fully saturated rings. The van der Waals surface area contributed by atoms with Crippen molar-refractivity contribution in [2.24, 2.45) is 5.73 Å². The number of hydrogen-bond donors (Lipinski definition) is 2. The first kappa shape index (κ1) is 17.7. The second-order valence-corrected chi connectivity index (χ2v) is 6.75. The van der Waals surface area contributed by atoms with Gasteiger partial charge >= 0.3 is 5.97 Å². The number of rotatable bonds is 9. The SMILES string of the molecule is CCOc1ccccc1OCCSC(C)(C)[C@@H](N)C(=O)O. The van der Waals surface area contributed by atoms with Crippen molar-refractivity contribution >= 4 is 17.7 Å². The Balaban J connectivity index is 2.46. The number of ether oxygens (including phenoxy) is 2. The van der Waals surface area contributed by atoms with Crippen molar-refractivity contribution in [2.45, 2.75) is 31.6 Å². The van der Waals surface area contributed by atoms with E-state index in [0.29, 0.717) is 30.5 Å². The molecule has 118 valence electrons. The van der Waals surface area contributed by atoms with Crippen molar-refractivity contribution < 1.29 is 19.4 Å². The maximum absolute atomic E-state index is 10.9. The van der Waals surface area contributed by atoms with E-state index in [-0.39, 0.29) is 0 Å². The Morgan fingerprint density at radius 3 is 2.43 bits per heavy atom. The maximum atomic E-state index is 10.9. The molecule has 0 unspecified atom stereocenters. The number of thioether (sulfide) groups is 1. The second kappa shape index (κ2) is 8.14. The number of carboxylic acid groups (broad SMARTS) is 1.